The molecular formula is C20H19ClFN3OS. The fourth-order valence-electron chi connectivity index (χ4n) is 2.34. The summed E-state index contributed by atoms with van der Waals surface area (Å²) >= 11 is 6.91. The average Bonchev–Trinajstić information content (AvgIpc) is 2.68. The number of benzene rings is 2. The van der Waals surface area contributed by atoms with E-state index in [9.17, 15) is 9.18 Å². The molecule has 0 aromatic heterocycles. The second-order valence-corrected chi connectivity index (χ2v) is 6.88. The van der Waals surface area contributed by atoms with Crippen LogP contribution in [0.5, 0.6) is 0 Å². The third-order valence-electron chi connectivity index (χ3n) is 3.77. The third kappa shape index (κ3) is 4.78. The smallest absolute Gasteiger partial charge is 0.261 e. The lowest BCUT2D eigenvalue weighted by Crippen LogP contribution is -2.30. The van der Waals surface area contributed by atoms with Gasteiger partial charge in [-0.05, 0) is 24.6 Å². The first-order valence-electron chi connectivity index (χ1n) is 8.06. The van der Waals surface area contributed by atoms with Gasteiger partial charge >= 0.3 is 0 Å². The average molecular weight is 404 g/mol. The Kier molecular flexibility index (Phi) is 7.21. The molecule has 0 unspecified atom stereocenters. The highest BCUT2D eigenvalue weighted by molar-refractivity contribution is 8.17. The Balaban J connectivity index is 2.23. The highest BCUT2D eigenvalue weighted by Crippen LogP contribution is 2.27. The predicted molar refractivity (Wildman–Crippen MR) is 112 cm³/mol. The normalized spacial score (nSPS) is 11.1. The molecule has 0 radical (unpaired) electrons. The number of amides is 1. The highest BCUT2D eigenvalue weighted by atomic mass is 35.5. The number of hydrogen-bond acceptors (Lipinski definition) is 4. The molecule has 0 spiro atoms. The van der Waals surface area contributed by atoms with Crippen molar-refractivity contribution >= 4 is 40.4 Å². The van der Waals surface area contributed by atoms with Crippen molar-refractivity contribution in [2.45, 2.75) is 6.92 Å². The van der Waals surface area contributed by atoms with Gasteiger partial charge in [-0.2, -0.15) is 5.10 Å². The van der Waals surface area contributed by atoms with Crippen LogP contribution in [0.4, 0.5) is 4.39 Å². The Morgan fingerprint density at radius 2 is 2.00 bits per heavy atom. The number of halogens is 2. The zero-order valence-electron chi connectivity index (χ0n) is 14.8. The number of thioether (sulfide) groups is 1. The largest absolute Gasteiger partial charge is 0.322 e. The number of carbonyl (C=O) groups is 1. The SMILES string of the molecule is C=Cc1ccc(/C(=N/N)SC(=C)N(CC)C(=O)c2cccc(Cl)c2F)cc1. The first kappa shape index (κ1) is 20.7. The maximum atomic E-state index is 14.2. The summed E-state index contributed by atoms with van der Waals surface area (Å²) in [6, 6.07) is 11.7. The molecule has 0 bridgehead atoms. The number of carbonyl (C=O) groups excluding carboxylic acids is 1. The second-order valence-electron chi connectivity index (χ2n) is 5.41. The zero-order chi connectivity index (χ0) is 20.0. The van der Waals surface area contributed by atoms with Crippen LogP contribution in [0.15, 0.2) is 65.8 Å². The number of nitrogens with zero attached hydrogens (tertiary/aromatic N) is 2. The molecule has 140 valence electrons. The van der Waals surface area contributed by atoms with Crippen LogP contribution in [-0.2, 0) is 0 Å². The summed E-state index contributed by atoms with van der Waals surface area (Å²) in [6.45, 7) is 9.71. The fourth-order valence-corrected chi connectivity index (χ4v) is 3.36. The van der Waals surface area contributed by atoms with E-state index in [0.29, 0.717) is 16.6 Å². The molecule has 1 amide bonds. The van der Waals surface area contributed by atoms with Gasteiger partial charge in [0.25, 0.3) is 5.91 Å². The number of hydrogen-bond donors (Lipinski definition) is 1. The maximum Gasteiger partial charge on any atom is 0.261 e. The van der Waals surface area contributed by atoms with Crippen molar-refractivity contribution < 1.29 is 9.18 Å². The summed E-state index contributed by atoms with van der Waals surface area (Å²) in [7, 11) is 0. The molecule has 4 nitrogen and oxygen atoms in total. The van der Waals surface area contributed by atoms with Crippen molar-refractivity contribution in [2.24, 2.45) is 10.9 Å². The van der Waals surface area contributed by atoms with E-state index in [-0.39, 0.29) is 10.6 Å². The summed E-state index contributed by atoms with van der Waals surface area (Å²) in [4.78, 5) is 14.1. The van der Waals surface area contributed by atoms with Gasteiger partial charge in [-0.1, -0.05) is 72.9 Å². The van der Waals surface area contributed by atoms with Gasteiger partial charge in [-0.25, -0.2) is 4.39 Å². The van der Waals surface area contributed by atoms with Gasteiger partial charge in [0.15, 0.2) is 5.82 Å². The van der Waals surface area contributed by atoms with Gasteiger partial charge in [0.1, 0.15) is 5.04 Å². The van der Waals surface area contributed by atoms with Gasteiger partial charge in [-0.3, -0.25) is 4.79 Å². The van der Waals surface area contributed by atoms with Crippen LogP contribution in [0.2, 0.25) is 5.02 Å². The molecule has 2 aromatic rings. The zero-order valence-corrected chi connectivity index (χ0v) is 16.4. The van der Waals surface area contributed by atoms with Crippen LogP contribution in [0.3, 0.4) is 0 Å². The Morgan fingerprint density at radius 3 is 2.56 bits per heavy atom. The van der Waals surface area contributed by atoms with E-state index >= 15 is 0 Å². The van der Waals surface area contributed by atoms with E-state index < -0.39 is 11.7 Å². The lowest BCUT2D eigenvalue weighted by Gasteiger charge is -2.23. The van der Waals surface area contributed by atoms with Gasteiger partial charge in [0.05, 0.1) is 15.6 Å². The topological polar surface area (TPSA) is 58.7 Å². The summed E-state index contributed by atoms with van der Waals surface area (Å²) in [5, 5.41) is 4.54. The van der Waals surface area contributed by atoms with Gasteiger partial charge in [-0.15, -0.1) is 0 Å². The van der Waals surface area contributed by atoms with Crippen molar-refractivity contribution in [3.8, 4) is 0 Å². The van der Waals surface area contributed by atoms with Crippen LogP contribution >= 0.6 is 23.4 Å². The standard InChI is InChI=1S/C20H19ClFN3OS/c1-4-14-9-11-15(12-10-14)19(24-23)27-13(3)25(5-2)20(26)16-7-6-8-17(21)18(16)22/h4,6-12H,1,3,5,23H2,2H3/b24-19-. The summed E-state index contributed by atoms with van der Waals surface area (Å²) in [5.41, 5.74) is 1.61. The third-order valence-corrected chi connectivity index (χ3v) is 5.05. The van der Waals surface area contributed by atoms with Crippen molar-refractivity contribution in [3.05, 3.63) is 88.2 Å². The van der Waals surface area contributed by atoms with E-state index in [1.807, 2.05) is 24.3 Å². The van der Waals surface area contributed by atoms with Crippen LogP contribution in [0.25, 0.3) is 6.08 Å². The minimum Gasteiger partial charge on any atom is -0.322 e. The van der Waals surface area contributed by atoms with Gasteiger partial charge in [0.2, 0.25) is 0 Å². The Hall–Kier alpha value is -2.57. The van der Waals surface area contributed by atoms with E-state index in [4.69, 9.17) is 17.4 Å². The Labute approximate surface area is 167 Å². The van der Waals surface area contributed by atoms with Gasteiger partial charge in [0, 0.05) is 12.1 Å². The lowest BCUT2D eigenvalue weighted by atomic mass is 10.1. The van der Waals surface area contributed by atoms with Crippen LogP contribution in [-0.4, -0.2) is 22.4 Å². The van der Waals surface area contributed by atoms with E-state index in [2.05, 4.69) is 18.3 Å². The van der Waals surface area contributed by atoms with Crippen molar-refractivity contribution in [2.75, 3.05) is 6.54 Å². The molecule has 0 fully saturated rings. The summed E-state index contributed by atoms with van der Waals surface area (Å²) in [6.07, 6.45) is 1.73. The number of nitrogens with two attached hydrogens (primary N) is 1. The second kappa shape index (κ2) is 9.39. The Morgan fingerprint density at radius 1 is 1.33 bits per heavy atom. The van der Waals surface area contributed by atoms with Crippen LogP contribution in [0.1, 0.15) is 28.4 Å². The molecule has 0 saturated heterocycles. The first-order valence-corrected chi connectivity index (χ1v) is 9.25. The molecular weight excluding hydrogens is 385 g/mol. The molecule has 2 rings (SSSR count). The quantitative estimate of drug-likeness (QED) is 0.315. The first-order chi connectivity index (χ1) is 12.9. The lowest BCUT2D eigenvalue weighted by molar-refractivity contribution is 0.0820. The molecule has 0 saturated carbocycles. The van der Waals surface area contributed by atoms with Crippen LogP contribution < -0.4 is 5.84 Å². The minimum atomic E-state index is -0.756. The molecule has 2 aromatic carbocycles. The maximum absolute atomic E-state index is 14.2. The van der Waals surface area contributed by atoms with E-state index in [1.165, 1.54) is 23.1 Å². The molecule has 0 heterocycles. The molecule has 0 aliphatic rings. The van der Waals surface area contributed by atoms with Crippen molar-refractivity contribution in [3.63, 3.8) is 0 Å². The molecule has 27 heavy (non-hydrogen) atoms. The fraction of sp³-hybridized carbons (Fsp3) is 0.100. The molecule has 2 N–H and O–H groups in total. The van der Waals surface area contributed by atoms with E-state index in [0.717, 1.165) is 22.9 Å². The Bertz CT molecular complexity index is 897. The highest BCUT2D eigenvalue weighted by Gasteiger charge is 2.23. The van der Waals surface area contributed by atoms with Crippen molar-refractivity contribution in [1.29, 1.82) is 0 Å². The monoisotopic (exact) mass is 403 g/mol. The van der Waals surface area contributed by atoms with E-state index in [1.54, 1.807) is 13.0 Å². The molecule has 0 aliphatic carbocycles. The molecule has 0 atom stereocenters. The van der Waals surface area contributed by atoms with Gasteiger partial charge < -0.3 is 10.7 Å². The molecule has 0 aliphatic heterocycles. The van der Waals surface area contributed by atoms with Crippen LogP contribution in [0, 0.1) is 5.82 Å². The summed E-state index contributed by atoms with van der Waals surface area (Å²) < 4.78 is 14.2. The molecule has 7 heteroatoms. The minimum absolute atomic E-state index is 0.110. The number of hydrazone groups is 1. The summed E-state index contributed by atoms with van der Waals surface area (Å²) in [5.74, 6) is 4.23. The van der Waals surface area contributed by atoms with Crippen molar-refractivity contribution in [1.82, 2.24) is 4.90 Å². The number of rotatable bonds is 6. The predicted octanol–water partition coefficient (Wildman–Crippen LogP) is 5.11.